The van der Waals surface area contributed by atoms with Crippen molar-refractivity contribution in [2.24, 2.45) is 5.73 Å². The van der Waals surface area contributed by atoms with E-state index in [0.29, 0.717) is 5.57 Å². The highest BCUT2D eigenvalue weighted by Gasteiger charge is 2.14. The fourth-order valence-electron chi connectivity index (χ4n) is 1.60. The number of rotatable bonds is 2. The van der Waals surface area contributed by atoms with Crippen molar-refractivity contribution in [3.05, 3.63) is 53.7 Å². The first-order chi connectivity index (χ1) is 7.29. The highest BCUT2D eigenvalue weighted by molar-refractivity contribution is 6.08. The lowest BCUT2D eigenvalue weighted by Gasteiger charge is -2.14. The Morgan fingerprint density at radius 3 is 2.67 bits per heavy atom. The SMILES string of the molecule is NC(=O)C1=CNCC=C1c1ccccc1. The van der Waals surface area contributed by atoms with Crippen LogP contribution in [0.1, 0.15) is 5.56 Å². The van der Waals surface area contributed by atoms with Gasteiger partial charge in [0.1, 0.15) is 0 Å². The number of amides is 1. The summed E-state index contributed by atoms with van der Waals surface area (Å²) in [4.78, 5) is 11.2. The van der Waals surface area contributed by atoms with Crippen LogP contribution in [0.25, 0.3) is 5.57 Å². The van der Waals surface area contributed by atoms with Gasteiger partial charge in [-0.05, 0) is 11.1 Å². The van der Waals surface area contributed by atoms with Crippen molar-refractivity contribution >= 4 is 11.5 Å². The zero-order valence-corrected chi connectivity index (χ0v) is 8.23. The summed E-state index contributed by atoms with van der Waals surface area (Å²) >= 11 is 0. The molecular weight excluding hydrogens is 188 g/mol. The summed E-state index contributed by atoms with van der Waals surface area (Å²) in [5.41, 5.74) is 7.76. The van der Waals surface area contributed by atoms with Crippen molar-refractivity contribution in [1.29, 1.82) is 0 Å². The highest BCUT2D eigenvalue weighted by atomic mass is 16.1. The molecule has 0 atom stereocenters. The summed E-state index contributed by atoms with van der Waals surface area (Å²) in [6, 6.07) is 9.76. The molecule has 0 spiro atoms. The van der Waals surface area contributed by atoms with Gasteiger partial charge in [0.05, 0.1) is 5.57 Å². The molecule has 1 aliphatic rings. The molecule has 0 aromatic heterocycles. The number of hydrogen-bond acceptors (Lipinski definition) is 2. The lowest BCUT2D eigenvalue weighted by Crippen LogP contribution is -2.22. The van der Waals surface area contributed by atoms with E-state index >= 15 is 0 Å². The topological polar surface area (TPSA) is 55.1 Å². The molecule has 3 heteroatoms. The molecule has 2 rings (SSSR count). The molecule has 1 aromatic rings. The maximum absolute atomic E-state index is 11.2. The number of carbonyl (C=O) groups is 1. The Labute approximate surface area is 88.3 Å². The van der Waals surface area contributed by atoms with Gasteiger partial charge in [-0.1, -0.05) is 36.4 Å². The Morgan fingerprint density at radius 2 is 2.00 bits per heavy atom. The number of carbonyl (C=O) groups excluding carboxylic acids is 1. The van der Waals surface area contributed by atoms with E-state index in [1.807, 2.05) is 36.4 Å². The molecule has 76 valence electrons. The standard InChI is InChI=1S/C12H12N2O/c13-12(15)11-8-14-7-6-10(11)9-4-2-1-3-5-9/h1-6,8,14H,7H2,(H2,13,15). The van der Waals surface area contributed by atoms with Crippen LogP contribution in [0.4, 0.5) is 0 Å². The van der Waals surface area contributed by atoms with E-state index in [0.717, 1.165) is 17.7 Å². The van der Waals surface area contributed by atoms with Gasteiger partial charge in [-0.3, -0.25) is 4.79 Å². The van der Waals surface area contributed by atoms with Gasteiger partial charge >= 0.3 is 0 Å². The second kappa shape index (κ2) is 4.00. The minimum absolute atomic E-state index is 0.405. The quantitative estimate of drug-likeness (QED) is 0.749. The summed E-state index contributed by atoms with van der Waals surface area (Å²) in [7, 11) is 0. The van der Waals surface area contributed by atoms with Crippen LogP contribution in [0, 0.1) is 0 Å². The molecule has 3 nitrogen and oxygen atoms in total. The maximum atomic E-state index is 11.2. The van der Waals surface area contributed by atoms with Crippen LogP contribution >= 0.6 is 0 Å². The average molecular weight is 200 g/mol. The van der Waals surface area contributed by atoms with Gasteiger partial charge in [-0.2, -0.15) is 0 Å². The first-order valence-corrected chi connectivity index (χ1v) is 4.78. The fourth-order valence-corrected chi connectivity index (χ4v) is 1.60. The maximum Gasteiger partial charge on any atom is 0.250 e. The number of primary amides is 1. The molecular formula is C12H12N2O. The molecule has 0 bridgehead atoms. The Kier molecular flexibility index (Phi) is 2.54. The van der Waals surface area contributed by atoms with E-state index in [2.05, 4.69) is 5.32 Å². The van der Waals surface area contributed by atoms with E-state index in [9.17, 15) is 4.79 Å². The smallest absolute Gasteiger partial charge is 0.250 e. The van der Waals surface area contributed by atoms with Crippen molar-refractivity contribution in [3.63, 3.8) is 0 Å². The molecule has 0 fully saturated rings. The lowest BCUT2D eigenvalue weighted by atomic mass is 9.96. The highest BCUT2D eigenvalue weighted by Crippen LogP contribution is 2.23. The molecule has 0 aliphatic carbocycles. The van der Waals surface area contributed by atoms with Gasteiger partial charge < -0.3 is 11.1 Å². The van der Waals surface area contributed by atoms with Crippen LogP contribution in [0.5, 0.6) is 0 Å². The van der Waals surface area contributed by atoms with Gasteiger partial charge in [-0.15, -0.1) is 0 Å². The molecule has 1 aliphatic heterocycles. The Hall–Kier alpha value is -2.03. The summed E-state index contributed by atoms with van der Waals surface area (Å²) in [6.45, 7) is 0.723. The Bertz CT molecular complexity index is 432. The van der Waals surface area contributed by atoms with E-state index in [1.165, 1.54) is 0 Å². The lowest BCUT2D eigenvalue weighted by molar-refractivity contribution is -0.114. The molecule has 1 aromatic carbocycles. The average Bonchev–Trinajstić information content (AvgIpc) is 2.30. The third kappa shape index (κ3) is 1.91. The number of hydrogen-bond donors (Lipinski definition) is 2. The van der Waals surface area contributed by atoms with Crippen LogP contribution in [0.15, 0.2) is 48.2 Å². The van der Waals surface area contributed by atoms with Crippen molar-refractivity contribution in [3.8, 4) is 0 Å². The van der Waals surface area contributed by atoms with E-state index < -0.39 is 5.91 Å². The van der Waals surface area contributed by atoms with Crippen LogP contribution in [0.3, 0.4) is 0 Å². The van der Waals surface area contributed by atoms with Gasteiger partial charge in [0.25, 0.3) is 5.91 Å². The minimum Gasteiger partial charge on any atom is -0.387 e. The monoisotopic (exact) mass is 200 g/mol. The van der Waals surface area contributed by atoms with Gasteiger partial charge in [0.15, 0.2) is 0 Å². The second-order valence-electron chi connectivity index (χ2n) is 3.31. The van der Waals surface area contributed by atoms with Crippen molar-refractivity contribution in [2.45, 2.75) is 0 Å². The van der Waals surface area contributed by atoms with Crippen LogP contribution in [-0.4, -0.2) is 12.5 Å². The number of benzene rings is 1. The molecule has 0 saturated carbocycles. The van der Waals surface area contributed by atoms with E-state index in [4.69, 9.17) is 5.73 Å². The van der Waals surface area contributed by atoms with E-state index in [1.54, 1.807) is 6.20 Å². The van der Waals surface area contributed by atoms with Gasteiger partial charge in [0, 0.05) is 12.7 Å². The minimum atomic E-state index is -0.405. The Balaban J connectivity index is 2.40. The summed E-state index contributed by atoms with van der Waals surface area (Å²) in [5.74, 6) is -0.405. The molecule has 3 N–H and O–H groups in total. The summed E-state index contributed by atoms with van der Waals surface area (Å²) in [6.07, 6.45) is 3.64. The number of nitrogens with one attached hydrogen (secondary N) is 1. The van der Waals surface area contributed by atoms with Crippen molar-refractivity contribution in [1.82, 2.24) is 5.32 Å². The van der Waals surface area contributed by atoms with Crippen molar-refractivity contribution in [2.75, 3.05) is 6.54 Å². The third-order valence-electron chi connectivity index (χ3n) is 2.31. The van der Waals surface area contributed by atoms with Crippen LogP contribution in [0.2, 0.25) is 0 Å². The zero-order valence-electron chi connectivity index (χ0n) is 8.23. The molecule has 15 heavy (non-hydrogen) atoms. The van der Waals surface area contributed by atoms with Crippen molar-refractivity contribution < 1.29 is 4.79 Å². The van der Waals surface area contributed by atoms with Crippen LogP contribution < -0.4 is 11.1 Å². The summed E-state index contributed by atoms with van der Waals surface area (Å²) in [5, 5.41) is 2.98. The normalized spacial score (nSPS) is 14.9. The molecule has 1 amide bonds. The number of nitrogens with two attached hydrogens (primary N) is 1. The zero-order chi connectivity index (χ0) is 10.7. The third-order valence-corrected chi connectivity index (χ3v) is 2.31. The van der Waals surface area contributed by atoms with Gasteiger partial charge in [-0.25, -0.2) is 0 Å². The Morgan fingerprint density at radius 1 is 1.27 bits per heavy atom. The van der Waals surface area contributed by atoms with E-state index in [-0.39, 0.29) is 0 Å². The second-order valence-corrected chi connectivity index (χ2v) is 3.31. The fraction of sp³-hybridized carbons (Fsp3) is 0.0833. The predicted molar refractivity (Wildman–Crippen MR) is 59.7 cm³/mol. The summed E-state index contributed by atoms with van der Waals surface area (Å²) < 4.78 is 0. The van der Waals surface area contributed by atoms with Crippen LogP contribution in [-0.2, 0) is 4.79 Å². The largest absolute Gasteiger partial charge is 0.387 e. The first kappa shape index (κ1) is 9.52. The number of dihydropyridines is 1. The first-order valence-electron chi connectivity index (χ1n) is 4.78. The predicted octanol–water partition coefficient (Wildman–Crippen LogP) is 1.04. The molecule has 0 unspecified atom stereocenters. The molecule has 1 heterocycles. The van der Waals surface area contributed by atoms with Gasteiger partial charge in [0.2, 0.25) is 0 Å². The molecule has 0 radical (unpaired) electrons. The molecule has 0 saturated heterocycles.